The molecule has 0 fully saturated rings. The van der Waals surface area contributed by atoms with Crippen molar-refractivity contribution in [2.75, 3.05) is 17.0 Å². The molecule has 0 saturated carbocycles. The Labute approximate surface area is 164 Å². The Morgan fingerprint density at radius 2 is 1.79 bits per heavy atom. The van der Waals surface area contributed by atoms with Gasteiger partial charge >= 0.3 is 6.18 Å². The van der Waals surface area contributed by atoms with Gasteiger partial charge in [-0.15, -0.1) is 0 Å². The molecule has 0 unspecified atom stereocenters. The second-order valence-electron chi connectivity index (χ2n) is 5.96. The van der Waals surface area contributed by atoms with Gasteiger partial charge in [-0.25, -0.2) is 26.1 Å². The molecule has 2 heterocycles. The van der Waals surface area contributed by atoms with Gasteiger partial charge in [-0.05, 0) is 36.4 Å². The van der Waals surface area contributed by atoms with Crippen LogP contribution in [0.2, 0.25) is 0 Å². The quantitative estimate of drug-likeness (QED) is 0.575. The molecule has 3 aromatic rings. The van der Waals surface area contributed by atoms with Crippen molar-refractivity contribution < 1.29 is 30.0 Å². The molecule has 8 nitrogen and oxygen atoms in total. The van der Waals surface area contributed by atoms with Crippen LogP contribution in [0, 0.1) is 0 Å². The van der Waals surface area contributed by atoms with Crippen LogP contribution in [-0.2, 0) is 26.2 Å². The van der Waals surface area contributed by atoms with Crippen molar-refractivity contribution in [3.05, 3.63) is 60.4 Å². The van der Waals surface area contributed by atoms with Crippen LogP contribution in [0.25, 0.3) is 5.52 Å². The Hall–Kier alpha value is -2.64. The molecule has 0 amide bonds. The third kappa shape index (κ3) is 5.25. The zero-order valence-corrected chi connectivity index (χ0v) is 16.2. The van der Waals surface area contributed by atoms with Crippen molar-refractivity contribution in [2.45, 2.75) is 11.1 Å². The number of rotatable bonds is 7. The summed E-state index contributed by atoms with van der Waals surface area (Å²) in [4.78, 5) is -0.608. The number of nitrogens with one attached hydrogen (secondary N) is 2. The number of benzene rings is 1. The molecule has 0 aliphatic heterocycles. The first kappa shape index (κ1) is 21.1. The lowest BCUT2D eigenvalue weighted by Gasteiger charge is -2.11. The number of fused-ring (bicyclic) bond motifs is 1. The number of pyridine rings is 1. The number of halogens is 3. The van der Waals surface area contributed by atoms with Crippen molar-refractivity contribution in [3.8, 4) is 0 Å². The van der Waals surface area contributed by atoms with Crippen LogP contribution in [0.5, 0.6) is 0 Å². The van der Waals surface area contributed by atoms with Crippen LogP contribution in [0.15, 0.2) is 59.8 Å². The van der Waals surface area contributed by atoms with E-state index in [4.69, 9.17) is 0 Å². The normalized spacial score (nSPS) is 12.9. The molecule has 156 valence electrons. The molecule has 2 aromatic heterocycles. The van der Waals surface area contributed by atoms with E-state index in [-0.39, 0.29) is 5.69 Å². The molecule has 0 aliphatic carbocycles. The van der Waals surface area contributed by atoms with Gasteiger partial charge in [0.05, 0.1) is 27.4 Å². The maximum atomic E-state index is 12.7. The zero-order valence-electron chi connectivity index (χ0n) is 14.6. The standard InChI is InChI=1S/C16H15F3N4O4S2/c17-16(18,19)12-2-1-3-15(10-12)29(26,27)21-7-9-28(24,25)22-13-5-8-23-14(11-13)4-6-20-23/h1-6,8,10-11,21-22H,7,9H2. The molecule has 3 rings (SSSR count). The summed E-state index contributed by atoms with van der Waals surface area (Å²) in [6.45, 7) is -0.525. The summed E-state index contributed by atoms with van der Waals surface area (Å²) in [5, 5.41) is 3.98. The van der Waals surface area contributed by atoms with E-state index in [1.807, 2.05) is 4.72 Å². The van der Waals surface area contributed by atoms with Crippen molar-refractivity contribution in [3.63, 3.8) is 0 Å². The first-order chi connectivity index (χ1) is 13.5. The minimum absolute atomic E-state index is 0.263. The van der Waals surface area contributed by atoms with Gasteiger partial charge in [-0.3, -0.25) is 4.72 Å². The molecular weight excluding hydrogens is 433 g/mol. The Balaban J connectivity index is 1.64. The van der Waals surface area contributed by atoms with Gasteiger partial charge < -0.3 is 0 Å². The summed E-state index contributed by atoms with van der Waals surface area (Å²) in [6, 6.07) is 7.86. The maximum absolute atomic E-state index is 12.7. The molecule has 0 bridgehead atoms. The van der Waals surface area contributed by atoms with E-state index in [2.05, 4.69) is 9.82 Å². The highest BCUT2D eigenvalue weighted by molar-refractivity contribution is 7.92. The smallest absolute Gasteiger partial charge is 0.283 e. The predicted octanol–water partition coefficient (Wildman–Crippen LogP) is 2.07. The molecule has 0 spiro atoms. The van der Waals surface area contributed by atoms with E-state index in [1.165, 1.54) is 22.8 Å². The fourth-order valence-electron chi connectivity index (χ4n) is 2.45. The van der Waals surface area contributed by atoms with Crippen LogP contribution in [0.4, 0.5) is 18.9 Å². The maximum Gasteiger partial charge on any atom is 0.416 e. The van der Waals surface area contributed by atoms with E-state index < -0.39 is 49.0 Å². The lowest BCUT2D eigenvalue weighted by atomic mass is 10.2. The van der Waals surface area contributed by atoms with E-state index >= 15 is 0 Å². The van der Waals surface area contributed by atoms with E-state index in [9.17, 15) is 30.0 Å². The highest BCUT2D eigenvalue weighted by atomic mass is 32.2. The molecular formula is C16H15F3N4O4S2. The molecule has 1 aromatic carbocycles. The monoisotopic (exact) mass is 448 g/mol. The van der Waals surface area contributed by atoms with Gasteiger partial charge in [-0.1, -0.05) is 6.07 Å². The minimum Gasteiger partial charge on any atom is -0.283 e. The van der Waals surface area contributed by atoms with E-state index in [0.717, 1.165) is 18.2 Å². The molecule has 29 heavy (non-hydrogen) atoms. The van der Waals surface area contributed by atoms with Crippen molar-refractivity contribution in [2.24, 2.45) is 0 Å². The van der Waals surface area contributed by atoms with Gasteiger partial charge in [0.25, 0.3) is 0 Å². The summed E-state index contributed by atoms with van der Waals surface area (Å²) >= 11 is 0. The molecule has 0 radical (unpaired) electrons. The summed E-state index contributed by atoms with van der Waals surface area (Å²) in [5.74, 6) is -0.615. The van der Waals surface area contributed by atoms with Crippen molar-refractivity contribution >= 4 is 31.3 Å². The third-order valence-electron chi connectivity index (χ3n) is 3.81. The molecule has 2 N–H and O–H groups in total. The number of nitrogens with zero attached hydrogens (tertiary/aromatic N) is 2. The first-order valence-electron chi connectivity index (χ1n) is 8.07. The van der Waals surface area contributed by atoms with Crippen LogP contribution >= 0.6 is 0 Å². The third-order valence-corrected chi connectivity index (χ3v) is 6.55. The Morgan fingerprint density at radius 3 is 2.52 bits per heavy atom. The van der Waals surface area contributed by atoms with Crippen LogP contribution in [0.3, 0.4) is 0 Å². The number of anilines is 1. The second-order valence-corrected chi connectivity index (χ2v) is 9.57. The lowest BCUT2D eigenvalue weighted by Crippen LogP contribution is -2.31. The fraction of sp³-hybridized carbons (Fsp3) is 0.188. The minimum atomic E-state index is -4.70. The molecule has 0 atom stereocenters. The van der Waals surface area contributed by atoms with Crippen LogP contribution in [-0.4, -0.2) is 38.7 Å². The van der Waals surface area contributed by atoms with Gasteiger partial charge in [0, 0.05) is 18.9 Å². The summed E-state index contributed by atoms with van der Waals surface area (Å²) in [6.07, 6.45) is -1.62. The summed E-state index contributed by atoms with van der Waals surface area (Å²) in [5.41, 5.74) is -0.209. The van der Waals surface area contributed by atoms with E-state index in [0.29, 0.717) is 11.6 Å². The SMILES string of the molecule is O=S(=O)(CCNS(=O)(=O)c1cccc(C(F)(F)F)c1)Nc1ccn2nccc2c1. The molecule has 13 heteroatoms. The molecule has 0 saturated heterocycles. The first-order valence-corrected chi connectivity index (χ1v) is 11.2. The van der Waals surface area contributed by atoms with Crippen molar-refractivity contribution in [1.29, 1.82) is 0 Å². The Morgan fingerprint density at radius 1 is 1.03 bits per heavy atom. The zero-order chi connectivity index (χ0) is 21.3. The topological polar surface area (TPSA) is 110 Å². The van der Waals surface area contributed by atoms with Crippen molar-refractivity contribution in [1.82, 2.24) is 14.3 Å². The van der Waals surface area contributed by atoms with E-state index in [1.54, 1.807) is 12.3 Å². The Bertz CT molecular complexity index is 1240. The summed E-state index contributed by atoms with van der Waals surface area (Å²) < 4.78 is 92.7. The van der Waals surface area contributed by atoms with Crippen LogP contribution < -0.4 is 9.44 Å². The van der Waals surface area contributed by atoms with Gasteiger partial charge in [0.2, 0.25) is 20.0 Å². The average Bonchev–Trinajstić information content (AvgIpc) is 3.08. The highest BCUT2D eigenvalue weighted by Crippen LogP contribution is 2.30. The summed E-state index contributed by atoms with van der Waals surface area (Å²) in [7, 11) is -8.22. The fourth-order valence-corrected chi connectivity index (χ4v) is 4.61. The predicted molar refractivity (Wildman–Crippen MR) is 99.2 cm³/mol. The Kier molecular flexibility index (Phi) is 5.56. The second kappa shape index (κ2) is 7.65. The molecule has 0 aliphatic rings. The van der Waals surface area contributed by atoms with Gasteiger partial charge in [-0.2, -0.15) is 18.3 Å². The number of sulfonamides is 2. The number of hydrogen-bond donors (Lipinski definition) is 2. The highest BCUT2D eigenvalue weighted by Gasteiger charge is 2.31. The number of alkyl halides is 3. The largest absolute Gasteiger partial charge is 0.416 e. The van der Waals surface area contributed by atoms with Crippen LogP contribution in [0.1, 0.15) is 5.56 Å². The number of aromatic nitrogens is 2. The average molecular weight is 448 g/mol. The number of hydrogen-bond acceptors (Lipinski definition) is 5. The van der Waals surface area contributed by atoms with Gasteiger partial charge in [0.15, 0.2) is 0 Å². The lowest BCUT2D eigenvalue weighted by molar-refractivity contribution is -0.137. The van der Waals surface area contributed by atoms with Gasteiger partial charge in [0.1, 0.15) is 0 Å².